The Balaban J connectivity index is 1.50. The molecule has 0 unspecified atom stereocenters. The molecule has 2 fully saturated rings. The molecular weight excluding hydrogens is 544 g/mol. The Kier molecular flexibility index (Phi) is 9.27. The van der Waals surface area contributed by atoms with Gasteiger partial charge < -0.3 is 15.3 Å². The summed E-state index contributed by atoms with van der Waals surface area (Å²) in [7, 11) is -2.14. The molecule has 2 aromatic rings. The fraction of sp³-hybridized carbons (Fsp3) is 0.621. The van der Waals surface area contributed by atoms with Gasteiger partial charge in [-0.2, -0.15) is 5.10 Å². The summed E-state index contributed by atoms with van der Waals surface area (Å²) < 4.78 is 28.3. The van der Waals surface area contributed by atoms with Gasteiger partial charge in [-0.3, -0.25) is 14.5 Å². The molecule has 12 heteroatoms. The number of nitrogens with zero attached hydrogens (tertiary/aromatic N) is 4. The lowest BCUT2D eigenvalue weighted by atomic mass is 9.80. The Morgan fingerprint density at radius 1 is 1.15 bits per heavy atom. The van der Waals surface area contributed by atoms with E-state index in [-0.39, 0.29) is 22.6 Å². The van der Waals surface area contributed by atoms with Crippen LogP contribution in [0, 0.1) is 19.8 Å². The first kappa shape index (κ1) is 31.1. The molecule has 2 saturated heterocycles. The second-order valence-electron chi connectivity index (χ2n) is 11.6. The van der Waals surface area contributed by atoms with Crippen LogP contribution in [0.4, 0.5) is 0 Å². The molecule has 2 aliphatic rings. The molecule has 11 nitrogen and oxygen atoms in total. The number of sulfonamides is 1. The zero-order valence-electron chi connectivity index (χ0n) is 25.0. The SMILES string of the molecule is CCCCN1C(=O)[C@@H]([C@H](O)C(C)C)NC(=O)C12CCN(Cc1c(C)nn(-c3ccc(S(=O)(=O)NC)cc3)c1C)CC2. The van der Waals surface area contributed by atoms with Crippen LogP contribution in [0.2, 0.25) is 0 Å². The van der Waals surface area contributed by atoms with Crippen LogP contribution in [-0.4, -0.2) is 89.3 Å². The van der Waals surface area contributed by atoms with Crippen molar-refractivity contribution in [3.63, 3.8) is 0 Å². The number of rotatable bonds is 10. The van der Waals surface area contributed by atoms with Gasteiger partial charge in [0.05, 0.1) is 22.4 Å². The lowest BCUT2D eigenvalue weighted by Crippen LogP contribution is -2.74. The second-order valence-corrected chi connectivity index (χ2v) is 13.5. The van der Waals surface area contributed by atoms with Gasteiger partial charge in [0.15, 0.2) is 0 Å². The molecule has 0 bridgehead atoms. The van der Waals surface area contributed by atoms with Gasteiger partial charge in [0.25, 0.3) is 0 Å². The molecule has 0 radical (unpaired) electrons. The number of benzene rings is 1. The van der Waals surface area contributed by atoms with Crippen LogP contribution in [0.5, 0.6) is 0 Å². The number of aryl methyl sites for hydroxylation is 1. The van der Waals surface area contributed by atoms with E-state index in [1.54, 1.807) is 29.2 Å². The van der Waals surface area contributed by atoms with Crippen molar-refractivity contribution in [2.75, 3.05) is 26.7 Å². The zero-order chi connectivity index (χ0) is 30.1. The highest BCUT2D eigenvalue weighted by Crippen LogP contribution is 2.35. The first-order valence-electron chi connectivity index (χ1n) is 14.5. The maximum atomic E-state index is 13.6. The minimum atomic E-state index is -3.52. The summed E-state index contributed by atoms with van der Waals surface area (Å²) in [6.45, 7) is 12.2. The van der Waals surface area contributed by atoms with Gasteiger partial charge in [0.2, 0.25) is 21.8 Å². The van der Waals surface area contributed by atoms with E-state index in [4.69, 9.17) is 5.10 Å². The highest BCUT2D eigenvalue weighted by atomic mass is 32.2. The molecule has 4 rings (SSSR count). The summed E-state index contributed by atoms with van der Waals surface area (Å²) in [5.41, 5.74) is 2.80. The summed E-state index contributed by atoms with van der Waals surface area (Å²) in [6, 6.07) is 5.70. The van der Waals surface area contributed by atoms with Crippen molar-refractivity contribution in [3.05, 3.63) is 41.2 Å². The summed E-state index contributed by atoms with van der Waals surface area (Å²) >= 11 is 0. The highest BCUT2D eigenvalue weighted by molar-refractivity contribution is 7.89. The van der Waals surface area contributed by atoms with Crippen molar-refractivity contribution < 1.29 is 23.1 Å². The zero-order valence-corrected chi connectivity index (χ0v) is 25.8. The molecular formula is C29H44N6O5S. The minimum absolute atomic E-state index is 0.153. The lowest BCUT2D eigenvalue weighted by Gasteiger charge is -2.52. The number of hydrogen-bond donors (Lipinski definition) is 3. The predicted octanol–water partition coefficient (Wildman–Crippen LogP) is 1.88. The third-order valence-electron chi connectivity index (χ3n) is 8.68. The average molecular weight is 589 g/mol. The number of unbranched alkanes of at least 4 members (excludes halogenated alkanes) is 1. The lowest BCUT2D eigenvalue weighted by molar-refractivity contribution is -0.165. The molecule has 2 aliphatic heterocycles. The van der Waals surface area contributed by atoms with E-state index in [0.717, 1.165) is 35.5 Å². The van der Waals surface area contributed by atoms with Crippen molar-refractivity contribution in [3.8, 4) is 5.69 Å². The number of nitrogens with one attached hydrogen (secondary N) is 2. The number of carbonyl (C=O) groups is 2. The van der Waals surface area contributed by atoms with Crippen LogP contribution in [0.15, 0.2) is 29.2 Å². The maximum Gasteiger partial charge on any atom is 0.248 e. The van der Waals surface area contributed by atoms with E-state index in [0.29, 0.717) is 39.0 Å². The molecule has 1 spiro atoms. The van der Waals surface area contributed by atoms with E-state index >= 15 is 0 Å². The van der Waals surface area contributed by atoms with Crippen molar-refractivity contribution in [2.24, 2.45) is 5.92 Å². The summed E-state index contributed by atoms with van der Waals surface area (Å²) in [6.07, 6.45) is 1.81. The van der Waals surface area contributed by atoms with E-state index in [2.05, 4.69) is 21.9 Å². The Morgan fingerprint density at radius 2 is 1.78 bits per heavy atom. The molecule has 0 saturated carbocycles. The average Bonchev–Trinajstić information content (AvgIpc) is 3.24. The third kappa shape index (κ3) is 5.93. The summed E-state index contributed by atoms with van der Waals surface area (Å²) in [5, 5.41) is 18.3. The Morgan fingerprint density at radius 3 is 2.34 bits per heavy atom. The molecule has 226 valence electrons. The molecule has 3 N–H and O–H groups in total. The number of aliphatic hydroxyl groups excluding tert-OH is 1. The van der Waals surface area contributed by atoms with Gasteiger partial charge in [0, 0.05) is 37.4 Å². The van der Waals surface area contributed by atoms with Crippen LogP contribution in [0.3, 0.4) is 0 Å². The summed E-state index contributed by atoms with van der Waals surface area (Å²) in [5.74, 6) is -0.504. The number of piperidine rings is 1. The number of piperazine rings is 1. The standard InChI is InChI=1S/C29H44N6O5S/c1-7-8-15-34-27(37)25(26(36)19(2)3)31-28(38)29(34)13-16-33(17-14-29)18-24-20(4)32-35(21(24)5)22-9-11-23(12-10-22)41(39,40)30-6/h9-12,19,25-26,30,36H,7-8,13-18H2,1-6H3,(H,31,38)/t25-,26-/m1/s1. The molecule has 2 atom stereocenters. The van der Waals surface area contributed by atoms with Crippen LogP contribution in [-0.2, 0) is 26.2 Å². The molecule has 3 heterocycles. The van der Waals surface area contributed by atoms with Crippen molar-refractivity contribution >= 4 is 21.8 Å². The third-order valence-corrected chi connectivity index (χ3v) is 10.1. The van der Waals surface area contributed by atoms with Gasteiger partial charge in [-0.25, -0.2) is 17.8 Å². The molecule has 1 aromatic heterocycles. The first-order valence-corrected chi connectivity index (χ1v) is 16.0. The van der Waals surface area contributed by atoms with Crippen molar-refractivity contribution in [1.82, 2.24) is 29.6 Å². The monoisotopic (exact) mass is 588 g/mol. The topological polar surface area (TPSA) is 137 Å². The molecule has 2 amide bonds. The van der Waals surface area contributed by atoms with Crippen LogP contribution < -0.4 is 10.0 Å². The number of amides is 2. The summed E-state index contributed by atoms with van der Waals surface area (Å²) in [4.78, 5) is 31.4. The second kappa shape index (κ2) is 12.2. The normalized spacial score (nSPS) is 20.6. The first-order chi connectivity index (χ1) is 19.4. The van der Waals surface area contributed by atoms with Crippen molar-refractivity contribution in [1.29, 1.82) is 0 Å². The quantitative estimate of drug-likeness (QED) is 0.386. The number of likely N-dealkylation sites (tertiary alicyclic amines) is 1. The molecule has 0 aliphatic carbocycles. The predicted molar refractivity (Wildman–Crippen MR) is 156 cm³/mol. The van der Waals surface area contributed by atoms with Gasteiger partial charge in [-0.1, -0.05) is 27.2 Å². The van der Waals surface area contributed by atoms with Crippen molar-refractivity contribution in [2.45, 2.75) is 89.4 Å². The van der Waals surface area contributed by atoms with Crippen LogP contribution >= 0.6 is 0 Å². The van der Waals surface area contributed by atoms with Gasteiger partial charge in [0.1, 0.15) is 11.6 Å². The van der Waals surface area contributed by atoms with Crippen LogP contribution in [0.1, 0.15) is 63.4 Å². The molecule has 1 aromatic carbocycles. The number of aromatic nitrogens is 2. The van der Waals surface area contributed by atoms with E-state index in [1.165, 1.54) is 7.05 Å². The van der Waals surface area contributed by atoms with E-state index in [9.17, 15) is 23.1 Å². The minimum Gasteiger partial charge on any atom is -0.390 e. The number of hydrogen-bond acceptors (Lipinski definition) is 7. The van der Waals surface area contributed by atoms with Gasteiger partial charge in [-0.15, -0.1) is 0 Å². The highest BCUT2D eigenvalue weighted by Gasteiger charge is 2.54. The van der Waals surface area contributed by atoms with Gasteiger partial charge in [-0.05, 0) is 70.3 Å². The fourth-order valence-corrected chi connectivity index (χ4v) is 6.67. The Bertz CT molecular complexity index is 1360. The smallest absolute Gasteiger partial charge is 0.248 e. The number of aliphatic hydroxyl groups is 1. The largest absolute Gasteiger partial charge is 0.390 e. The Labute approximate surface area is 243 Å². The number of carbonyl (C=O) groups excluding carboxylic acids is 2. The van der Waals surface area contributed by atoms with E-state index in [1.807, 2.05) is 32.4 Å². The Hall–Kier alpha value is -2.80. The van der Waals surface area contributed by atoms with Gasteiger partial charge >= 0.3 is 0 Å². The fourth-order valence-electron chi connectivity index (χ4n) is 5.94. The van der Waals surface area contributed by atoms with Crippen LogP contribution in [0.25, 0.3) is 5.69 Å². The maximum absolute atomic E-state index is 13.6. The van der Waals surface area contributed by atoms with E-state index < -0.39 is 27.7 Å². The molecule has 41 heavy (non-hydrogen) atoms.